The Morgan fingerprint density at radius 3 is 1.46 bits per heavy atom. The molecule has 0 aromatic rings. The molecule has 1 nitrogen and oxygen atoms in total. The minimum Gasteiger partial charge on any atom is -0.310 e. The van der Waals surface area contributed by atoms with Crippen LogP contribution in [0.3, 0.4) is 0 Å². The van der Waals surface area contributed by atoms with Gasteiger partial charge in [0.25, 0.3) is 0 Å². The van der Waals surface area contributed by atoms with Crippen molar-refractivity contribution in [1.29, 1.82) is 0 Å². The molecule has 3 heteroatoms. The van der Waals surface area contributed by atoms with E-state index in [9.17, 15) is 0 Å². The van der Waals surface area contributed by atoms with Gasteiger partial charge >= 0.3 is 0 Å². The molecule has 0 rings (SSSR count). The number of hydrogen-bond acceptors (Lipinski definition) is 1. The fourth-order valence-corrected chi connectivity index (χ4v) is 2.89. The maximum atomic E-state index is 5.20. The maximum absolute atomic E-state index is 5.20. The standard InChI is InChI=1S/C21H39NS2/c1-3-5-7-9-11-13-15-17-19-22(21(23)24)20-18-16-14-12-10-8-6-4-2/h17-20H,3-16H2,1-2H3,(H,23,24). The maximum Gasteiger partial charge on any atom is 0.141 e. The van der Waals surface area contributed by atoms with Crippen LogP contribution in [0.1, 0.15) is 104 Å². The number of rotatable bonds is 16. The van der Waals surface area contributed by atoms with Crippen molar-refractivity contribution in [3.8, 4) is 0 Å². The van der Waals surface area contributed by atoms with Gasteiger partial charge in [-0.1, -0.05) is 102 Å². The summed E-state index contributed by atoms with van der Waals surface area (Å²) >= 11 is 9.51. The van der Waals surface area contributed by atoms with Crippen LogP contribution in [0.15, 0.2) is 24.6 Å². The van der Waals surface area contributed by atoms with Gasteiger partial charge in [0.15, 0.2) is 0 Å². The zero-order valence-electron chi connectivity index (χ0n) is 16.0. The zero-order chi connectivity index (χ0) is 17.9. The Hall–Kier alpha value is -0.280. The number of thiocarbonyl (C=S) groups is 1. The SMILES string of the molecule is CCCCCCCCC=CN(C=CCCCCCCCC)C(=S)S. The van der Waals surface area contributed by atoms with E-state index in [-0.39, 0.29) is 0 Å². The smallest absolute Gasteiger partial charge is 0.141 e. The molecular weight excluding hydrogens is 330 g/mol. The molecular formula is C21H39NS2. The lowest BCUT2D eigenvalue weighted by atomic mass is 10.1. The first kappa shape index (κ1) is 23.7. The van der Waals surface area contributed by atoms with Crippen LogP contribution in [0.2, 0.25) is 0 Å². The largest absolute Gasteiger partial charge is 0.310 e. The van der Waals surface area contributed by atoms with Crippen molar-refractivity contribution in [2.75, 3.05) is 0 Å². The van der Waals surface area contributed by atoms with Crippen LogP contribution < -0.4 is 0 Å². The van der Waals surface area contributed by atoms with E-state index in [1.807, 2.05) is 4.90 Å². The molecule has 140 valence electrons. The van der Waals surface area contributed by atoms with E-state index in [0.29, 0.717) is 4.32 Å². The third-order valence-corrected chi connectivity index (χ3v) is 4.64. The Morgan fingerprint density at radius 2 is 1.08 bits per heavy atom. The van der Waals surface area contributed by atoms with E-state index < -0.39 is 0 Å². The number of thiol groups is 1. The Morgan fingerprint density at radius 1 is 0.708 bits per heavy atom. The highest BCUT2D eigenvalue weighted by molar-refractivity contribution is 8.10. The summed E-state index contributed by atoms with van der Waals surface area (Å²) < 4.78 is 0.619. The number of hydrogen-bond donors (Lipinski definition) is 1. The van der Waals surface area contributed by atoms with E-state index in [1.54, 1.807) is 0 Å². The molecule has 0 saturated heterocycles. The van der Waals surface area contributed by atoms with Crippen molar-refractivity contribution in [2.45, 2.75) is 104 Å². The minimum atomic E-state index is 0.619. The number of allylic oxidation sites excluding steroid dienone is 2. The summed E-state index contributed by atoms with van der Waals surface area (Å²) in [5.74, 6) is 0. The molecule has 0 radical (unpaired) electrons. The number of unbranched alkanes of at least 4 members (excludes halogenated alkanes) is 12. The van der Waals surface area contributed by atoms with Crippen LogP contribution in [-0.4, -0.2) is 9.22 Å². The van der Waals surface area contributed by atoms with Gasteiger partial charge in [-0.2, -0.15) is 0 Å². The Bertz CT molecular complexity index is 311. The quantitative estimate of drug-likeness (QED) is 0.167. The van der Waals surface area contributed by atoms with Crippen LogP contribution in [0, 0.1) is 0 Å². The van der Waals surface area contributed by atoms with Crippen molar-refractivity contribution in [1.82, 2.24) is 4.90 Å². The summed E-state index contributed by atoms with van der Waals surface area (Å²) in [5, 5.41) is 0. The molecule has 0 amide bonds. The molecule has 0 heterocycles. The van der Waals surface area contributed by atoms with Gasteiger partial charge in [-0.3, -0.25) is 0 Å². The summed E-state index contributed by atoms with van der Waals surface area (Å²) in [4.78, 5) is 1.95. The Balaban J connectivity index is 3.77. The van der Waals surface area contributed by atoms with Crippen molar-refractivity contribution >= 4 is 29.2 Å². The van der Waals surface area contributed by atoms with E-state index in [4.69, 9.17) is 12.2 Å². The molecule has 0 fully saturated rings. The molecule has 24 heavy (non-hydrogen) atoms. The summed E-state index contributed by atoms with van der Waals surface area (Å²) in [6.07, 6.45) is 26.9. The van der Waals surface area contributed by atoms with Gasteiger partial charge in [0, 0.05) is 12.4 Å². The lowest BCUT2D eigenvalue weighted by molar-refractivity contribution is 0.608. The fraction of sp³-hybridized carbons (Fsp3) is 0.762. The fourth-order valence-electron chi connectivity index (χ4n) is 2.64. The number of nitrogens with zero attached hydrogens (tertiary/aromatic N) is 1. The van der Waals surface area contributed by atoms with Gasteiger partial charge in [0.1, 0.15) is 4.32 Å². The summed E-state index contributed by atoms with van der Waals surface area (Å²) in [5.41, 5.74) is 0. The van der Waals surface area contributed by atoms with E-state index >= 15 is 0 Å². The molecule has 0 unspecified atom stereocenters. The second-order valence-corrected chi connectivity index (χ2v) is 7.69. The summed E-state index contributed by atoms with van der Waals surface area (Å²) in [7, 11) is 0. The lowest BCUT2D eigenvalue weighted by Gasteiger charge is -2.12. The first-order valence-electron chi connectivity index (χ1n) is 10.1. The highest BCUT2D eigenvalue weighted by Crippen LogP contribution is 2.10. The van der Waals surface area contributed by atoms with Gasteiger partial charge in [0.05, 0.1) is 0 Å². The monoisotopic (exact) mass is 369 g/mol. The molecule has 0 atom stereocenters. The van der Waals surface area contributed by atoms with Gasteiger partial charge in [-0.15, -0.1) is 12.6 Å². The zero-order valence-corrected chi connectivity index (χ0v) is 17.7. The van der Waals surface area contributed by atoms with Crippen LogP contribution in [0.25, 0.3) is 0 Å². The molecule has 0 aliphatic heterocycles. The summed E-state index contributed by atoms with van der Waals surface area (Å²) in [6, 6.07) is 0. The second kappa shape index (κ2) is 19.1. The Labute approximate surface area is 162 Å². The predicted octanol–water partition coefficient (Wildman–Crippen LogP) is 8.03. The highest BCUT2D eigenvalue weighted by Gasteiger charge is 1.96. The third-order valence-electron chi connectivity index (χ3n) is 4.20. The van der Waals surface area contributed by atoms with Crippen molar-refractivity contribution < 1.29 is 0 Å². The molecule has 0 aromatic heterocycles. The predicted molar refractivity (Wildman–Crippen MR) is 118 cm³/mol. The van der Waals surface area contributed by atoms with Gasteiger partial charge < -0.3 is 4.90 Å². The third kappa shape index (κ3) is 16.6. The molecule has 0 saturated carbocycles. The second-order valence-electron chi connectivity index (χ2n) is 6.57. The van der Waals surface area contributed by atoms with Crippen molar-refractivity contribution in [3.63, 3.8) is 0 Å². The minimum absolute atomic E-state index is 0.619. The average Bonchev–Trinajstić information content (AvgIpc) is 2.57. The highest BCUT2D eigenvalue weighted by atomic mass is 32.1. The molecule has 0 aliphatic carbocycles. The average molecular weight is 370 g/mol. The van der Waals surface area contributed by atoms with E-state index in [1.165, 1.54) is 77.0 Å². The first-order chi connectivity index (χ1) is 11.7. The van der Waals surface area contributed by atoms with Gasteiger partial charge in [0.2, 0.25) is 0 Å². The Kier molecular flexibility index (Phi) is 18.8. The van der Waals surface area contributed by atoms with Crippen LogP contribution in [-0.2, 0) is 0 Å². The van der Waals surface area contributed by atoms with Crippen molar-refractivity contribution in [2.24, 2.45) is 0 Å². The van der Waals surface area contributed by atoms with Gasteiger partial charge in [-0.25, -0.2) is 0 Å². The van der Waals surface area contributed by atoms with Crippen molar-refractivity contribution in [3.05, 3.63) is 24.6 Å². The lowest BCUT2D eigenvalue weighted by Crippen LogP contribution is -2.11. The van der Waals surface area contributed by atoms with E-state index in [0.717, 1.165) is 12.8 Å². The topological polar surface area (TPSA) is 3.24 Å². The molecule has 0 bridgehead atoms. The summed E-state index contributed by atoms with van der Waals surface area (Å²) in [6.45, 7) is 4.52. The van der Waals surface area contributed by atoms with Crippen LogP contribution in [0.5, 0.6) is 0 Å². The van der Waals surface area contributed by atoms with Crippen LogP contribution >= 0.6 is 24.8 Å². The van der Waals surface area contributed by atoms with Gasteiger partial charge in [-0.05, 0) is 25.7 Å². The van der Waals surface area contributed by atoms with E-state index in [2.05, 4.69) is 51.0 Å². The first-order valence-corrected chi connectivity index (χ1v) is 10.9. The molecule has 0 aliphatic rings. The molecule has 0 aromatic carbocycles. The molecule has 0 spiro atoms. The normalized spacial score (nSPS) is 11.6. The molecule has 0 N–H and O–H groups in total. The van der Waals surface area contributed by atoms with Crippen LogP contribution in [0.4, 0.5) is 0 Å².